The van der Waals surface area contributed by atoms with E-state index in [1.807, 2.05) is 0 Å². The number of carboxylic acid groups (broad SMARTS) is 2. The van der Waals surface area contributed by atoms with E-state index < -0.39 is 17.7 Å². The quantitative estimate of drug-likeness (QED) is 0.315. The van der Waals surface area contributed by atoms with Gasteiger partial charge in [0.1, 0.15) is 5.69 Å². The second-order valence-corrected chi connectivity index (χ2v) is 4.98. The summed E-state index contributed by atoms with van der Waals surface area (Å²) in [5.74, 6) is -3.23. The van der Waals surface area contributed by atoms with Gasteiger partial charge in [0.25, 0.3) is 0 Å². The number of benzene rings is 2. The Bertz CT molecular complexity index is 921. The normalized spacial score (nSPS) is 11.3. The highest BCUT2D eigenvalue weighted by Crippen LogP contribution is 2.19. The molecule has 0 fully saturated rings. The predicted octanol–water partition coefficient (Wildman–Crippen LogP) is 3.18. The number of carbonyl (C=O) groups is 3. The van der Waals surface area contributed by atoms with Crippen LogP contribution in [-0.4, -0.2) is 33.8 Å². The minimum absolute atomic E-state index is 0.0349. The van der Waals surface area contributed by atoms with Crippen LogP contribution in [0.1, 0.15) is 27.6 Å². The van der Waals surface area contributed by atoms with Crippen LogP contribution in [0, 0.1) is 0 Å². The molecule has 2 rings (SSSR count). The Morgan fingerprint density at radius 2 is 1.46 bits per heavy atom. The maximum atomic E-state index is 11.7. The molecule has 0 bridgehead atoms. The molecule has 0 amide bonds. The zero-order chi connectivity index (χ0) is 19.1. The van der Waals surface area contributed by atoms with Crippen LogP contribution in [0.15, 0.2) is 63.9 Å². The fraction of sp³-hybridized carbons (Fsp3) is 0.0588. The number of para-hydroxylation sites is 1. The average molecular weight is 354 g/mol. The van der Waals surface area contributed by atoms with Gasteiger partial charge in [-0.25, -0.2) is 9.59 Å². The lowest BCUT2D eigenvalue weighted by Gasteiger charge is -2.05. The first-order valence-electron chi connectivity index (χ1n) is 7.31. The van der Waals surface area contributed by atoms with Crippen LogP contribution >= 0.6 is 0 Å². The fourth-order valence-electron chi connectivity index (χ4n) is 1.89. The summed E-state index contributed by atoms with van der Waals surface area (Å²) in [6, 6.07) is 11.9. The third kappa shape index (κ3) is 4.57. The van der Waals surface area contributed by atoms with Gasteiger partial charge < -0.3 is 10.2 Å². The minimum atomic E-state index is -1.19. The maximum Gasteiger partial charge on any atom is 0.337 e. The Kier molecular flexibility index (Phi) is 5.88. The van der Waals surface area contributed by atoms with Crippen LogP contribution in [0.2, 0.25) is 0 Å². The van der Waals surface area contributed by atoms with Crippen molar-refractivity contribution in [3.63, 3.8) is 0 Å². The Hall–Kier alpha value is -3.88. The van der Waals surface area contributed by atoms with Gasteiger partial charge in [-0.2, -0.15) is 0 Å². The number of anilines is 1. The summed E-state index contributed by atoms with van der Waals surface area (Å²) >= 11 is 0. The van der Waals surface area contributed by atoms with Crippen molar-refractivity contribution in [2.24, 2.45) is 15.3 Å². The number of nitrogens with one attached hydrogen (secondary N) is 1. The number of hydrogen-bond acceptors (Lipinski definition) is 6. The second-order valence-electron chi connectivity index (χ2n) is 4.98. The van der Waals surface area contributed by atoms with Crippen LogP contribution in [0.4, 0.5) is 11.4 Å². The van der Waals surface area contributed by atoms with Gasteiger partial charge in [-0.05, 0) is 24.3 Å². The number of nitrogens with zero attached hydrogens (tertiary/aromatic N) is 3. The summed E-state index contributed by atoms with van der Waals surface area (Å²) in [7, 11) is 0. The van der Waals surface area contributed by atoms with Crippen molar-refractivity contribution in [3.8, 4) is 0 Å². The summed E-state index contributed by atoms with van der Waals surface area (Å²) < 4.78 is 0. The summed E-state index contributed by atoms with van der Waals surface area (Å²) in [6.07, 6.45) is 0. The minimum Gasteiger partial charge on any atom is -0.478 e. The molecule has 0 radical (unpaired) electrons. The lowest BCUT2D eigenvalue weighted by molar-refractivity contribution is -0.111. The summed E-state index contributed by atoms with van der Waals surface area (Å²) in [5.41, 5.74) is 2.57. The molecule has 0 aromatic heterocycles. The molecular formula is C17H14N4O5. The van der Waals surface area contributed by atoms with Crippen LogP contribution in [0.25, 0.3) is 0 Å². The molecule has 9 nitrogen and oxygen atoms in total. The number of hydrogen-bond donors (Lipinski definition) is 3. The molecule has 0 spiro atoms. The molecule has 0 aliphatic heterocycles. The van der Waals surface area contributed by atoms with Crippen molar-refractivity contribution >= 4 is 34.9 Å². The smallest absolute Gasteiger partial charge is 0.337 e. The monoisotopic (exact) mass is 354 g/mol. The molecule has 0 aliphatic carbocycles. The molecule has 0 atom stereocenters. The van der Waals surface area contributed by atoms with Crippen molar-refractivity contribution < 1.29 is 24.6 Å². The molecule has 2 aromatic carbocycles. The molecule has 0 heterocycles. The zero-order valence-corrected chi connectivity index (χ0v) is 13.6. The number of hydrazone groups is 1. The van der Waals surface area contributed by atoms with Crippen molar-refractivity contribution in [1.82, 2.24) is 0 Å². The zero-order valence-electron chi connectivity index (χ0n) is 13.6. The van der Waals surface area contributed by atoms with E-state index in [0.717, 1.165) is 0 Å². The Morgan fingerprint density at radius 3 is 2.08 bits per heavy atom. The highest BCUT2D eigenvalue weighted by atomic mass is 16.4. The lowest BCUT2D eigenvalue weighted by Crippen LogP contribution is -2.10. The highest BCUT2D eigenvalue weighted by molar-refractivity contribution is 6.38. The van der Waals surface area contributed by atoms with Gasteiger partial charge in [0.15, 0.2) is 0 Å². The standard InChI is InChI=1S/C17H14N4O5/c1-10(22)15(20-18-13-8-4-2-6-11(13)16(23)24)21-19-14-9-5-3-7-12(14)17(25)26/h2-9,18H,1H3,(H,23,24)(H,25,26). The van der Waals surface area contributed by atoms with Crippen LogP contribution < -0.4 is 5.43 Å². The van der Waals surface area contributed by atoms with Gasteiger partial charge in [0.2, 0.25) is 11.6 Å². The van der Waals surface area contributed by atoms with E-state index >= 15 is 0 Å². The molecule has 0 saturated carbocycles. The molecule has 0 aliphatic rings. The highest BCUT2D eigenvalue weighted by Gasteiger charge is 2.11. The molecular weight excluding hydrogens is 340 g/mol. The first-order valence-corrected chi connectivity index (χ1v) is 7.31. The second kappa shape index (κ2) is 8.29. The maximum absolute atomic E-state index is 11.7. The number of Topliss-reactive ketones (excluding diaryl/α,β-unsaturated/α-hetero) is 1. The third-order valence-corrected chi connectivity index (χ3v) is 3.14. The van der Waals surface area contributed by atoms with E-state index in [2.05, 4.69) is 20.8 Å². The molecule has 26 heavy (non-hydrogen) atoms. The summed E-state index contributed by atoms with van der Waals surface area (Å²) in [4.78, 5) is 34.0. The number of carboxylic acids is 2. The van der Waals surface area contributed by atoms with Gasteiger partial charge in [-0.15, -0.1) is 15.3 Å². The number of azo groups is 1. The first-order chi connectivity index (χ1) is 12.4. The van der Waals surface area contributed by atoms with Crippen LogP contribution in [-0.2, 0) is 4.79 Å². The van der Waals surface area contributed by atoms with Gasteiger partial charge in [-0.1, -0.05) is 24.3 Å². The van der Waals surface area contributed by atoms with Gasteiger partial charge in [0.05, 0.1) is 16.8 Å². The van der Waals surface area contributed by atoms with E-state index in [0.29, 0.717) is 0 Å². The van der Waals surface area contributed by atoms with E-state index in [1.165, 1.54) is 37.3 Å². The average Bonchev–Trinajstić information content (AvgIpc) is 2.61. The Morgan fingerprint density at radius 1 is 0.885 bits per heavy atom. The van der Waals surface area contributed by atoms with Gasteiger partial charge >= 0.3 is 11.9 Å². The van der Waals surface area contributed by atoms with Crippen molar-refractivity contribution in [1.29, 1.82) is 0 Å². The number of ketones is 1. The van der Waals surface area contributed by atoms with E-state index in [1.54, 1.807) is 18.2 Å². The lowest BCUT2D eigenvalue weighted by atomic mass is 10.2. The number of carbonyl (C=O) groups excluding carboxylic acids is 1. The van der Waals surface area contributed by atoms with E-state index in [-0.39, 0.29) is 28.3 Å². The molecule has 132 valence electrons. The van der Waals surface area contributed by atoms with Gasteiger partial charge in [-0.3, -0.25) is 10.2 Å². The largest absolute Gasteiger partial charge is 0.478 e. The topological polar surface area (TPSA) is 141 Å². The van der Waals surface area contributed by atoms with Gasteiger partial charge in [0, 0.05) is 6.92 Å². The van der Waals surface area contributed by atoms with Crippen LogP contribution in [0.5, 0.6) is 0 Å². The SMILES string of the molecule is CC(=O)C(N=Nc1ccccc1C(=O)O)=NNc1ccccc1C(=O)O. The fourth-order valence-corrected chi connectivity index (χ4v) is 1.89. The first kappa shape index (κ1) is 18.5. The van der Waals surface area contributed by atoms with Crippen molar-refractivity contribution in [2.45, 2.75) is 6.92 Å². The number of aromatic carboxylic acids is 2. The molecule has 9 heteroatoms. The van der Waals surface area contributed by atoms with E-state index in [4.69, 9.17) is 10.2 Å². The summed E-state index contributed by atoms with van der Waals surface area (Å²) in [6.45, 7) is 1.20. The van der Waals surface area contributed by atoms with Crippen LogP contribution in [0.3, 0.4) is 0 Å². The molecule has 3 N–H and O–H groups in total. The number of rotatable bonds is 6. The molecule has 2 aromatic rings. The third-order valence-electron chi connectivity index (χ3n) is 3.14. The number of amidine groups is 1. The summed E-state index contributed by atoms with van der Waals surface area (Å²) in [5, 5.41) is 29.4. The molecule has 0 unspecified atom stereocenters. The Labute approximate surface area is 147 Å². The Balaban J connectivity index is 2.31. The van der Waals surface area contributed by atoms with Crippen molar-refractivity contribution in [2.75, 3.05) is 5.43 Å². The van der Waals surface area contributed by atoms with Crippen molar-refractivity contribution in [3.05, 3.63) is 59.7 Å². The molecule has 0 saturated heterocycles. The van der Waals surface area contributed by atoms with E-state index in [9.17, 15) is 14.4 Å². The predicted molar refractivity (Wildman–Crippen MR) is 93.1 cm³/mol.